The standard InChI is InChI=1S/C27H35B3O7/c1-16(2)19-7-10-25(31)22(13-19)28(34)36-30(24-15-21(18(5)6)9-12-27(24)33)37-29(35)23-14-20(17(3)4)8-11-26(23)32/h7-18,31-35H,1-6H3. The highest BCUT2D eigenvalue weighted by Gasteiger charge is 2.37. The summed E-state index contributed by atoms with van der Waals surface area (Å²) >= 11 is 0. The maximum Gasteiger partial charge on any atom is 0.481 e. The number of rotatable bonds is 10. The highest BCUT2D eigenvalue weighted by atomic mass is 16.6. The topological polar surface area (TPSA) is 120 Å². The van der Waals surface area contributed by atoms with Gasteiger partial charge in [0.1, 0.15) is 17.2 Å². The van der Waals surface area contributed by atoms with Crippen molar-refractivity contribution in [3.05, 3.63) is 71.3 Å². The van der Waals surface area contributed by atoms with Crippen molar-refractivity contribution in [2.45, 2.75) is 59.3 Å². The van der Waals surface area contributed by atoms with E-state index in [1.165, 1.54) is 18.2 Å². The van der Waals surface area contributed by atoms with Gasteiger partial charge < -0.3 is 34.5 Å². The molecule has 0 unspecified atom stereocenters. The zero-order chi connectivity index (χ0) is 27.4. The second-order valence-corrected chi connectivity index (χ2v) is 10.2. The van der Waals surface area contributed by atoms with Gasteiger partial charge in [-0.25, -0.2) is 0 Å². The fraction of sp³-hybridized carbons (Fsp3) is 0.333. The van der Waals surface area contributed by atoms with Crippen LogP contribution in [0.2, 0.25) is 0 Å². The molecule has 194 valence electrons. The second-order valence-electron chi connectivity index (χ2n) is 10.2. The van der Waals surface area contributed by atoms with Crippen LogP contribution in [0.5, 0.6) is 17.2 Å². The van der Waals surface area contributed by atoms with Gasteiger partial charge >= 0.3 is 21.4 Å². The summed E-state index contributed by atoms with van der Waals surface area (Å²) in [6, 6.07) is 14.7. The van der Waals surface area contributed by atoms with Crippen LogP contribution in [-0.2, 0) is 9.14 Å². The predicted molar refractivity (Wildman–Crippen MR) is 149 cm³/mol. The Balaban J connectivity index is 2.02. The number of benzene rings is 3. The summed E-state index contributed by atoms with van der Waals surface area (Å²) < 4.78 is 11.7. The van der Waals surface area contributed by atoms with Gasteiger partial charge in [0, 0.05) is 16.4 Å². The Kier molecular flexibility index (Phi) is 9.37. The molecule has 0 atom stereocenters. The molecule has 5 N–H and O–H groups in total. The average Bonchev–Trinajstić information content (AvgIpc) is 2.83. The molecule has 0 heterocycles. The molecule has 3 aromatic carbocycles. The summed E-state index contributed by atoms with van der Waals surface area (Å²) in [6.07, 6.45) is 0. The minimum absolute atomic E-state index is 0.119. The van der Waals surface area contributed by atoms with Crippen LogP contribution in [0.1, 0.15) is 76.0 Å². The van der Waals surface area contributed by atoms with Gasteiger partial charge in [-0.2, -0.15) is 0 Å². The third-order valence-corrected chi connectivity index (χ3v) is 6.45. The lowest BCUT2D eigenvalue weighted by Crippen LogP contribution is -2.51. The normalized spacial score (nSPS) is 11.4. The van der Waals surface area contributed by atoms with E-state index in [1.807, 2.05) is 41.5 Å². The van der Waals surface area contributed by atoms with Gasteiger partial charge in [0.25, 0.3) is 0 Å². The van der Waals surface area contributed by atoms with Crippen molar-refractivity contribution >= 4 is 37.7 Å². The van der Waals surface area contributed by atoms with Gasteiger partial charge in [-0.15, -0.1) is 0 Å². The molecule has 0 fully saturated rings. The summed E-state index contributed by atoms with van der Waals surface area (Å²) in [5, 5.41) is 53.5. The first-order valence-electron chi connectivity index (χ1n) is 12.5. The fourth-order valence-electron chi connectivity index (χ4n) is 3.94. The van der Waals surface area contributed by atoms with Crippen LogP contribution in [0.4, 0.5) is 0 Å². The Hall–Kier alpha value is -2.91. The minimum atomic E-state index is -1.64. The highest BCUT2D eigenvalue weighted by Crippen LogP contribution is 2.21. The van der Waals surface area contributed by atoms with E-state index in [-0.39, 0.29) is 51.4 Å². The summed E-state index contributed by atoms with van der Waals surface area (Å²) in [5.74, 6) is -0.0912. The van der Waals surface area contributed by atoms with Gasteiger partial charge in [-0.05, 0) is 52.6 Å². The number of phenols is 3. The van der Waals surface area contributed by atoms with Gasteiger partial charge in [-0.1, -0.05) is 77.9 Å². The molecule has 0 spiro atoms. The van der Waals surface area contributed by atoms with Gasteiger partial charge in [0.15, 0.2) is 0 Å². The maximum atomic E-state index is 11.0. The number of hydrogen-bond donors (Lipinski definition) is 5. The molecule has 0 aliphatic carbocycles. The SMILES string of the molecule is CC(C)c1ccc(O)c(B(O)OB(OB(O)c2cc(C(C)C)ccc2O)c2cc(C(C)C)ccc2O)c1. The Labute approximate surface area is 220 Å². The molecule has 0 amide bonds. The van der Waals surface area contributed by atoms with E-state index in [4.69, 9.17) is 9.14 Å². The Morgan fingerprint density at radius 3 is 1.14 bits per heavy atom. The molecule has 0 saturated heterocycles. The molecule has 0 aliphatic rings. The first-order chi connectivity index (χ1) is 17.4. The summed E-state index contributed by atoms with van der Waals surface area (Å²) in [5.41, 5.74) is 3.07. The third kappa shape index (κ3) is 6.90. The van der Waals surface area contributed by atoms with E-state index in [1.54, 1.807) is 36.4 Å². The zero-order valence-corrected chi connectivity index (χ0v) is 22.2. The average molecular weight is 504 g/mol. The Bertz CT molecular complexity index is 1150. The van der Waals surface area contributed by atoms with E-state index in [2.05, 4.69) is 0 Å². The third-order valence-electron chi connectivity index (χ3n) is 6.45. The zero-order valence-electron chi connectivity index (χ0n) is 22.2. The van der Waals surface area contributed by atoms with Crippen molar-refractivity contribution in [1.29, 1.82) is 0 Å². The molecule has 3 rings (SSSR count). The van der Waals surface area contributed by atoms with Crippen molar-refractivity contribution in [1.82, 2.24) is 0 Å². The van der Waals surface area contributed by atoms with E-state index >= 15 is 0 Å². The summed E-state index contributed by atoms with van der Waals surface area (Å²) in [7, 11) is -4.74. The van der Waals surface area contributed by atoms with E-state index in [9.17, 15) is 25.4 Å². The first-order valence-corrected chi connectivity index (χ1v) is 12.5. The summed E-state index contributed by atoms with van der Waals surface area (Å²) in [4.78, 5) is 0. The lowest BCUT2D eigenvalue weighted by molar-refractivity contribution is 0.352. The lowest BCUT2D eigenvalue weighted by atomic mass is 9.66. The van der Waals surface area contributed by atoms with Crippen molar-refractivity contribution in [2.75, 3.05) is 0 Å². The molecule has 37 heavy (non-hydrogen) atoms. The quantitative estimate of drug-likeness (QED) is 0.270. The van der Waals surface area contributed by atoms with Crippen LogP contribution in [0.15, 0.2) is 54.6 Å². The van der Waals surface area contributed by atoms with Crippen LogP contribution in [-0.4, -0.2) is 46.7 Å². The number of hydrogen-bond acceptors (Lipinski definition) is 7. The smallest absolute Gasteiger partial charge is 0.481 e. The highest BCUT2D eigenvalue weighted by molar-refractivity contribution is 6.80. The molecule has 3 aromatic rings. The molecule has 0 radical (unpaired) electrons. The number of aromatic hydroxyl groups is 3. The molecule has 10 heteroatoms. The van der Waals surface area contributed by atoms with Crippen molar-refractivity contribution in [2.24, 2.45) is 0 Å². The Morgan fingerprint density at radius 2 is 0.811 bits per heavy atom. The monoisotopic (exact) mass is 504 g/mol. The second kappa shape index (κ2) is 12.1. The molecule has 0 aliphatic heterocycles. The minimum Gasteiger partial charge on any atom is -0.508 e. The van der Waals surface area contributed by atoms with Crippen LogP contribution in [0, 0.1) is 0 Å². The molecular formula is C27H35B3O7. The van der Waals surface area contributed by atoms with Crippen molar-refractivity contribution < 1.29 is 34.5 Å². The molecular weight excluding hydrogens is 469 g/mol. The molecule has 0 bridgehead atoms. The van der Waals surface area contributed by atoms with Crippen molar-refractivity contribution in [3.8, 4) is 17.2 Å². The first kappa shape index (κ1) is 28.7. The van der Waals surface area contributed by atoms with Gasteiger partial charge in [0.2, 0.25) is 0 Å². The van der Waals surface area contributed by atoms with Gasteiger partial charge in [-0.3, -0.25) is 0 Å². The largest absolute Gasteiger partial charge is 0.508 e. The van der Waals surface area contributed by atoms with Crippen LogP contribution in [0.3, 0.4) is 0 Å². The molecule has 0 aromatic heterocycles. The summed E-state index contributed by atoms with van der Waals surface area (Å²) in [6.45, 7) is 11.9. The van der Waals surface area contributed by atoms with Crippen LogP contribution >= 0.6 is 0 Å². The van der Waals surface area contributed by atoms with Crippen molar-refractivity contribution in [3.63, 3.8) is 0 Å². The fourth-order valence-corrected chi connectivity index (χ4v) is 3.94. The number of phenolic OH excluding ortho intramolecular Hbond substituents is 3. The van der Waals surface area contributed by atoms with E-state index in [0.29, 0.717) is 0 Å². The van der Waals surface area contributed by atoms with E-state index in [0.717, 1.165) is 16.7 Å². The maximum absolute atomic E-state index is 11.0. The molecule has 7 nitrogen and oxygen atoms in total. The lowest BCUT2D eigenvalue weighted by Gasteiger charge is -2.22. The van der Waals surface area contributed by atoms with Gasteiger partial charge in [0.05, 0.1) is 0 Å². The molecule has 0 saturated carbocycles. The van der Waals surface area contributed by atoms with Crippen LogP contribution in [0.25, 0.3) is 0 Å². The predicted octanol–water partition coefficient (Wildman–Crippen LogP) is 2.68. The van der Waals surface area contributed by atoms with E-state index < -0.39 is 21.4 Å². The van der Waals surface area contributed by atoms with Crippen LogP contribution < -0.4 is 16.4 Å². The Morgan fingerprint density at radius 1 is 0.514 bits per heavy atom.